The van der Waals surface area contributed by atoms with Crippen LogP contribution in [0.5, 0.6) is 0 Å². The smallest absolute Gasteiger partial charge is 0.221 e. The zero-order valence-corrected chi connectivity index (χ0v) is 14.4. The summed E-state index contributed by atoms with van der Waals surface area (Å²) in [6, 6.07) is 10.1. The van der Waals surface area contributed by atoms with E-state index in [2.05, 4.69) is 17.4 Å². The van der Waals surface area contributed by atoms with Crippen LogP contribution >= 0.6 is 0 Å². The molecular weight excluding hydrogens is 312 g/mol. The van der Waals surface area contributed by atoms with E-state index >= 15 is 0 Å². The fourth-order valence-corrected chi connectivity index (χ4v) is 4.26. The lowest BCUT2D eigenvalue weighted by atomic mass is 10.1. The van der Waals surface area contributed by atoms with Gasteiger partial charge in [0.15, 0.2) is 0 Å². The van der Waals surface area contributed by atoms with Crippen LogP contribution in [0.3, 0.4) is 0 Å². The van der Waals surface area contributed by atoms with E-state index < -0.39 is 10.0 Å². The third-order valence-corrected chi connectivity index (χ3v) is 5.97. The molecule has 0 aromatic heterocycles. The van der Waals surface area contributed by atoms with Crippen molar-refractivity contribution in [2.24, 2.45) is 0 Å². The molecule has 1 aromatic rings. The van der Waals surface area contributed by atoms with E-state index in [0.29, 0.717) is 19.6 Å². The quantitative estimate of drug-likeness (QED) is 0.737. The highest BCUT2D eigenvalue weighted by molar-refractivity contribution is 7.89. The number of aryl methyl sites for hydroxylation is 1. The highest BCUT2D eigenvalue weighted by Gasteiger charge is 2.24. The summed E-state index contributed by atoms with van der Waals surface area (Å²) in [5, 5.41) is 2.81. The predicted octanol–water partition coefficient (Wildman–Crippen LogP) is 1.94. The first-order valence-electron chi connectivity index (χ1n) is 8.36. The van der Waals surface area contributed by atoms with Gasteiger partial charge in [0.1, 0.15) is 0 Å². The Morgan fingerprint density at radius 2 is 1.78 bits per heavy atom. The summed E-state index contributed by atoms with van der Waals surface area (Å²) >= 11 is 0. The number of nitrogens with zero attached hydrogens (tertiary/aromatic N) is 1. The summed E-state index contributed by atoms with van der Waals surface area (Å²) in [4.78, 5) is 11.8. The van der Waals surface area contributed by atoms with E-state index in [0.717, 1.165) is 32.1 Å². The molecule has 1 aromatic carbocycles. The van der Waals surface area contributed by atoms with Gasteiger partial charge in [0, 0.05) is 26.1 Å². The Labute approximate surface area is 139 Å². The van der Waals surface area contributed by atoms with Gasteiger partial charge in [-0.05, 0) is 31.2 Å². The number of hydrogen-bond donors (Lipinski definition) is 1. The van der Waals surface area contributed by atoms with Crippen molar-refractivity contribution >= 4 is 15.9 Å². The van der Waals surface area contributed by atoms with Crippen LogP contribution in [-0.4, -0.2) is 44.0 Å². The monoisotopic (exact) mass is 338 g/mol. The number of nitrogens with one attached hydrogen (secondary N) is 1. The number of benzene rings is 1. The van der Waals surface area contributed by atoms with Crippen molar-refractivity contribution in [1.29, 1.82) is 0 Å². The van der Waals surface area contributed by atoms with Gasteiger partial charge in [0.2, 0.25) is 15.9 Å². The number of sulfonamides is 1. The fraction of sp³-hybridized carbons (Fsp3) is 0.588. The van der Waals surface area contributed by atoms with Gasteiger partial charge in [-0.15, -0.1) is 0 Å². The van der Waals surface area contributed by atoms with E-state index in [4.69, 9.17) is 0 Å². The molecule has 1 fully saturated rings. The molecule has 0 bridgehead atoms. The Hall–Kier alpha value is -1.40. The number of hydrogen-bond acceptors (Lipinski definition) is 3. The number of carbonyl (C=O) groups is 1. The molecule has 0 saturated carbocycles. The number of amides is 1. The topological polar surface area (TPSA) is 66.5 Å². The first kappa shape index (κ1) is 17.9. The SMILES string of the molecule is O=C(CCS(=O)(=O)N1CCCCC1)NCCCc1ccccc1. The summed E-state index contributed by atoms with van der Waals surface area (Å²) in [6.45, 7) is 1.78. The molecule has 1 heterocycles. The van der Waals surface area contributed by atoms with Gasteiger partial charge < -0.3 is 5.32 Å². The molecule has 0 aliphatic carbocycles. The van der Waals surface area contributed by atoms with Crippen LogP contribution in [0.2, 0.25) is 0 Å². The first-order chi connectivity index (χ1) is 11.1. The van der Waals surface area contributed by atoms with Crippen molar-refractivity contribution in [3.8, 4) is 0 Å². The number of carbonyl (C=O) groups excluding carboxylic acids is 1. The molecule has 1 saturated heterocycles. The van der Waals surface area contributed by atoms with Crippen molar-refractivity contribution in [2.75, 3.05) is 25.4 Å². The van der Waals surface area contributed by atoms with Gasteiger partial charge in [-0.1, -0.05) is 36.8 Å². The zero-order chi connectivity index (χ0) is 16.5. The highest BCUT2D eigenvalue weighted by Crippen LogP contribution is 2.13. The van der Waals surface area contributed by atoms with Crippen molar-refractivity contribution in [1.82, 2.24) is 9.62 Å². The molecule has 1 N–H and O–H groups in total. The maximum Gasteiger partial charge on any atom is 0.221 e. The lowest BCUT2D eigenvalue weighted by molar-refractivity contribution is -0.120. The van der Waals surface area contributed by atoms with Gasteiger partial charge in [-0.25, -0.2) is 12.7 Å². The molecule has 0 unspecified atom stereocenters. The average molecular weight is 338 g/mol. The van der Waals surface area contributed by atoms with Crippen molar-refractivity contribution in [3.05, 3.63) is 35.9 Å². The molecule has 128 valence electrons. The summed E-state index contributed by atoms with van der Waals surface area (Å²) in [5.41, 5.74) is 1.24. The normalized spacial score (nSPS) is 16.2. The first-order valence-corrected chi connectivity index (χ1v) is 9.97. The second-order valence-corrected chi connectivity index (χ2v) is 8.05. The van der Waals surface area contributed by atoms with E-state index in [1.807, 2.05) is 18.2 Å². The molecule has 0 atom stereocenters. The van der Waals surface area contributed by atoms with Crippen LogP contribution in [-0.2, 0) is 21.2 Å². The van der Waals surface area contributed by atoms with Crippen LogP contribution < -0.4 is 5.32 Å². The van der Waals surface area contributed by atoms with Crippen LogP contribution in [0.4, 0.5) is 0 Å². The lowest BCUT2D eigenvalue weighted by Crippen LogP contribution is -2.38. The largest absolute Gasteiger partial charge is 0.356 e. The minimum atomic E-state index is -3.28. The molecule has 2 rings (SSSR count). The van der Waals surface area contributed by atoms with Crippen molar-refractivity contribution in [2.45, 2.75) is 38.5 Å². The molecule has 23 heavy (non-hydrogen) atoms. The maximum absolute atomic E-state index is 12.2. The van der Waals surface area contributed by atoms with Crippen LogP contribution in [0.25, 0.3) is 0 Å². The minimum Gasteiger partial charge on any atom is -0.356 e. The molecule has 1 amide bonds. The van der Waals surface area contributed by atoms with Gasteiger partial charge in [-0.2, -0.15) is 0 Å². The molecular formula is C17H26N2O3S. The van der Waals surface area contributed by atoms with Crippen LogP contribution in [0, 0.1) is 0 Å². The van der Waals surface area contributed by atoms with Gasteiger partial charge in [0.05, 0.1) is 5.75 Å². The average Bonchev–Trinajstić information content (AvgIpc) is 2.59. The second kappa shape index (κ2) is 9.03. The molecule has 0 spiro atoms. The Balaban J connectivity index is 1.62. The zero-order valence-electron chi connectivity index (χ0n) is 13.5. The van der Waals surface area contributed by atoms with Gasteiger partial charge in [0.25, 0.3) is 0 Å². The van der Waals surface area contributed by atoms with Crippen molar-refractivity contribution < 1.29 is 13.2 Å². The van der Waals surface area contributed by atoms with Gasteiger partial charge in [-0.3, -0.25) is 4.79 Å². The van der Waals surface area contributed by atoms with Crippen LogP contribution in [0.1, 0.15) is 37.7 Å². The van der Waals surface area contributed by atoms with Crippen molar-refractivity contribution in [3.63, 3.8) is 0 Å². The minimum absolute atomic E-state index is 0.0458. The predicted molar refractivity (Wildman–Crippen MR) is 91.6 cm³/mol. The highest BCUT2D eigenvalue weighted by atomic mass is 32.2. The lowest BCUT2D eigenvalue weighted by Gasteiger charge is -2.25. The summed E-state index contributed by atoms with van der Waals surface area (Å²) in [5.74, 6) is -0.268. The Bertz CT molecular complexity index is 581. The molecule has 0 radical (unpaired) electrons. The Kier molecular flexibility index (Phi) is 7.05. The number of rotatable bonds is 8. The summed E-state index contributed by atoms with van der Waals surface area (Å²) in [7, 11) is -3.28. The standard InChI is InChI=1S/C17H26N2O3S/c20-17(18-12-7-10-16-8-3-1-4-9-16)11-15-23(21,22)19-13-5-2-6-14-19/h1,3-4,8-9H,2,5-7,10-15H2,(H,18,20). The van der Waals surface area contributed by atoms with E-state index in [1.165, 1.54) is 9.87 Å². The van der Waals surface area contributed by atoms with E-state index in [1.54, 1.807) is 0 Å². The molecule has 1 aliphatic rings. The van der Waals surface area contributed by atoms with Crippen LogP contribution in [0.15, 0.2) is 30.3 Å². The van der Waals surface area contributed by atoms with E-state index in [9.17, 15) is 13.2 Å². The fourth-order valence-electron chi connectivity index (χ4n) is 2.75. The second-order valence-electron chi connectivity index (χ2n) is 5.96. The van der Waals surface area contributed by atoms with Gasteiger partial charge >= 0.3 is 0 Å². The maximum atomic E-state index is 12.2. The Morgan fingerprint density at radius 1 is 1.09 bits per heavy atom. The summed E-state index contributed by atoms with van der Waals surface area (Å²) in [6.07, 6.45) is 4.75. The molecule has 1 aliphatic heterocycles. The Morgan fingerprint density at radius 3 is 2.48 bits per heavy atom. The third kappa shape index (κ3) is 6.31. The molecule has 6 heteroatoms. The van der Waals surface area contributed by atoms with E-state index in [-0.39, 0.29) is 18.1 Å². The molecule has 5 nitrogen and oxygen atoms in total. The third-order valence-electron chi connectivity index (χ3n) is 4.10. The number of piperidine rings is 1. The summed E-state index contributed by atoms with van der Waals surface area (Å²) < 4.78 is 25.8.